The number of ether oxygens (including phenoxy) is 1. The van der Waals surface area contributed by atoms with Crippen LogP contribution in [0.15, 0.2) is 35.5 Å². The Morgan fingerprint density at radius 1 is 1.26 bits per heavy atom. The summed E-state index contributed by atoms with van der Waals surface area (Å²) in [6.45, 7) is 12.6. The van der Waals surface area contributed by atoms with Gasteiger partial charge in [-0.2, -0.15) is 0 Å². The topological polar surface area (TPSA) is 123 Å². The molecule has 3 N–H and O–H groups in total. The van der Waals surface area contributed by atoms with Gasteiger partial charge in [-0.1, -0.05) is 32.9 Å². The van der Waals surface area contributed by atoms with E-state index in [4.69, 9.17) is 4.74 Å². The van der Waals surface area contributed by atoms with E-state index in [9.17, 15) is 19.7 Å². The summed E-state index contributed by atoms with van der Waals surface area (Å²) in [7, 11) is 0. The van der Waals surface area contributed by atoms with Crippen molar-refractivity contribution in [3.63, 3.8) is 0 Å². The van der Waals surface area contributed by atoms with Crippen LogP contribution in [0.3, 0.4) is 0 Å². The average molecular weight is 433 g/mol. The van der Waals surface area contributed by atoms with Crippen LogP contribution in [0.4, 0.5) is 10.5 Å². The van der Waals surface area contributed by atoms with Crippen LogP contribution in [0.5, 0.6) is 0 Å². The largest absolute Gasteiger partial charge is 0.463 e. The zero-order chi connectivity index (χ0) is 23.4. The highest BCUT2D eigenvalue weighted by atomic mass is 16.6. The first kappa shape index (κ1) is 24.3. The normalized spacial score (nSPS) is 17.1. The summed E-state index contributed by atoms with van der Waals surface area (Å²) in [6.07, 6.45) is 0.864. The van der Waals surface area contributed by atoms with Crippen molar-refractivity contribution in [2.75, 3.05) is 13.2 Å². The Morgan fingerprint density at radius 3 is 2.52 bits per heavy atom. The fraction of sp³-hybridized carbons (Fsp3) is 0.545. The van der Waals surface area contributed by atoms with Crippen molar-refractivity contribution in [3.8, 4) is 0 Å². The monoisotopic (exact) mass is 432 g/mol. The van der Waals surface area contributed by atoms with E-state index in [0.29, 0.717) is 11.3 Å². The molecule has 9 nitrogen and oxygen atoms in total. The highest BCUT2D eigenvalue weighted by molar-refractivity contribution is 5.95. The smallest absolute Gasteiger partial charge is 0.338 e. The molecule has 1 aliphatic heterocycles. The molecule has 0 saturated carbocycles. The minimum absolute atomic E-state index is 0.0811. The third kappa shape index (κ3) is 6.78. The summed E-state index contributed by atoms with van der Waals surface area (Å²) in [5.74, 6) is -0.586. The van der Waals surface area contributed by atoms with Crippen LogP contribution in [-0.4, -0.2) is 35.6 Å². The molecule has 1 aromatic carbocycles. The number of carbonyl (C=O) groups excluding carboxylic acids is 2. The zero-order valence-electron chi connectivity index (χ0n) is 19.0. The minimum Gasteiger partial charge on any atom is -0.463 e. The molecule has 1 atom stereocenters. The highest BCUT2D eigenvalue weighted by Gasteiger charge is 2.35. The molecule has 9 heteroatoms. The van der Waals surface area contributed by atoms with Gasteiger partial charge in [0.05, 0.1) is 23.1 Å². The predicted molar refractivity (Wildman–Crippen MR) is 117 cm³/mol. The second kappa shape index (κ2) is 9.47. The number of nitro groups is 1. The first-order valence-electron chi connectivity index (χ1n) is 10.3. The number of urea groups is 1. The first-order valence-corrected chi connectivity index (χ1v) is 10.3. The Labute approximate surface area is 182 Å². The number of nitrogens with one attached hydrogen (secondary N) is 3. The minimum atomic E-state index is -0.866. The van der Waals surface area contributed by atoms with Gasteiger partial charge in [0.25, 0.3) is 5.69 Å². The van der Waals surface area contributed by atoms with Crippen molar-refractivity contribution in [1.82, 2.24) is 16.0 Å². The fourth-order valence-corrected chi connectivity index (χ4v) is 3.99. The number of benzene rings is 1. The zero-order valence-corrected chi connectivity index (χ0v) is 19.0. The third-order valence-corrected chi connectivity index (χ3v) is 4.78. The van der Waals surface area contributed by atoms with E-state index < -0.39 is 23.0 Å². The number of carbonyl (C=O) groups is 2. The van der Waals surface area contributed by atoms with Crippen LogP contribution in [0.2, 0.25) is 0 Å². The molecule has 0 radical (unpaired) electrons. The lowest BCUT2D eigenvalue weighted by atomic mass is 9.81. The molecular weight excluding hydrogens is 400 g/mol. The Bertz CT molecular complexity index is 886. The number of esters is 1. The molecule has 31 heavy (non-hydrogen) atoms. The van der Waals surface area contributed by atoms with E-state index >= 15 is 0 Å². The van der Waals surface area contributed by atoms with Gasteiger partial charge in [-0.25, -0.2) is 9.59 Å². The van der Waals surface area contributed by atoms with Gasteiger partial charge in [0.2, 0.25) is 0 Å². The van der Waals surface area contributed by atoms with Gasteiger partial charge in [-0.05, 0) is 38.2 Å². The van der Waals surface area contributed by atoms with Crippen LogP contribution >= 0.6 is 0 Å². The lowest BCUT2D eigenvalue weighted by molar-refractivity contribution is -0.384. The number of hydrogen-bond donors (Lipinski definition) is 3. The highest BCUT2D eigenvalue weighted by Crippen LogP contribution is 2.31. The summed E-state index contributed by atoms with van der Waals surface area (Å²) >= 11 is 0. The van der Waals surface area contributed by atoms with Crippen molar-refractivity contribution in [2.24, 2.45) is 5.41 Å². The van der Waals surface area contributed by atoms with E-state index in [0.717, 1.165) is 6.42 Å². The van der Waals surface area contributed by atoms with Crippen LogP contribution < -0.4 is 16.0 Å². The third-order valence-electron chi connectivity index (χ3n) is 4.78. The standard InChI is InChI=1S/C22H32N4O5/c1-7-31-19(27)17-16(12-23-22(5,6)13-21(2,3)4)24-20(28)25-18(17)14-9-8-10-15(11-14)26(29)30/h8-11,18,23H,7,12-13H2,1-6H3,(H2,24,25,28)/t18-/m0/s1. The second-order valence-corrected chi connectivity index (χ2v) is 9.47. The van der Waals surface area contributed by atoms with Gasteiger partial charge < -0.3 is 20.7 Å². The average Bonchev–Trinajstić information content (AvgIpc) is 2.64. The van der Waals surface area contributed by atoms with Gasteiger partial charge in [0.1, 0.15) is 0 Å². The van der Waals surface area contributed by atoms with Gasteiger partial charge >= 0.3 is 12.0 Å². The molecule has 2 amide bonds. The van der Waals surface area contributed by atoms with Gasteiger partial charge in [-0.15, -0.1) is 0 Å². The van der Waals surface area contributed by atoms with Gasteiger partial charge in [0, 0.05) is 29.9 Å². The summed E-state index contributed by atoms with van der Waals surface area (Å²) in [5.41, 5.74) is 0.735. The molecule has 0 aromatic heterocycles. The molecule has 0 spiro atoms. The van der Waals surface area contributed by atoms with Crippen molar-refractivity contribution >= 4 is 17.7 Å². The van der Waals surface area contributed by atoms with Crippen LogP contribution in [0, 0.1) is 15.5 Å². The van der Waals surface area contributed by atoms with Crippen molar-refractivity contribution in [3.05, 3.63) is 51.2 Å². The molecule has 1 aliphatic rings. The molecule has 0 aliphatic carbocycles. The molecule has 0 saturated heterocycles. The Morgan fingerprint density at radius 2 is 1.94 bits per heavy atom. The summed E-state index contributed by atoms with van der Waals surface area (Å²) in [6, 6.07) is 4.51. The maximum absolute atomic E-state index is 12.8. The fourth-order valence-electron chi connectivity index (χ4n) is 3.99. The molecule has 0 bridgehead atoms. The lowest BCUT2D eigenvalue weighted by Gasteiger charge is -2.35. The molecule has 2 rings (SSSR count). The molecule has 0 unspecified atom stereocenters. The summed E-state index contributed by atoms with van der Waals surface area (Å²) in [5, 5.41) is 20.0. The quantitative estimate of drug-likeness (QED) is 0.328. The predicted octanol–water partition coefficient (Wildman–Crippen LogP) is 3.57. The van der Waals surface area contributed by atoms with Crippen LogP contribution in [-0.2, 0) is 9.53 Å². The SMILES string of the molecule is CCOC(=O)C1=C(CNC(C)(C)CC(C)(C)C)NC(=O)N[C@H]1c1cccc([N+](=O)[O-])c1. The number of nitrogens with zero attached hydrogens (tertiary/aromatic N) is 1. The summed E-state index contributed by atoms with van der Waals surface area (Å²) < 4.78 is 5.24. The molecule has 170 valence electrons. The number of non-ortho nitro benzene ring substituents is 1. The van der Waals surface area contributed by atoms with Crippen LogP contribution in [0.25, 0.3) is 0 Å². The van der Waals surface area contributed by atoms with E-state index in [2.05, 4.69) is 50.6 Å². The molecule has 1 heterocycles. The molecule has 0 fully saturated rings. The number of amides is 2. The molecular formula is C22H32N4O5. The Hall–Kier alpha value is -2.94. The van der Waals surface area contributed by atoms with E-state index in [1.807, 2.05) is 0 Å². The van der Waals surface area contributed by atoms with Crippen molar-refractivity contribution in [1.29, 1.82) is 0 Å². The maximum atomic E-state index is 12.8. The van der Waals surface area contributed by atoms with E-state index in [1.54, 1.807) is 13.0 Å². The maximum Gasteiger partial charge on any atom is 0.338 e. The van der Waals surface area contributed by atoms with Gasteiger partial charge in [0.15, 0.2) is 0 Å². The first-order chi connectivity index (χ1) is 14.3. The van der Waals surface area contributed by atoms with E-state index in [1.165, 1.54) is 18.2 Å². The van der Waals surface area contributed by atoms with Gasteiger partial charge in [-0.3, -0.25) is 10.1 Å². The molecule has 1 aromatic rings. The lowest BCUT2D eigenvalue weighted by Crippen LogP contribution is -2.51. The van der Waals surface area contributed by atoms with E-state index in [-0.39, 0.29) is 35.4 Å². The second-order valence-electron chi connectivity index (χ2n) is 9.47. The van der Waals surface area contributed by atoms with Crippen LogP contribution in [0.1, 0.15) is 59.6 Å². The summed E-state index contributed by atoms with van der Waals surface area (Å²) in [4.78, 5) is 35.9. The number of nitro benzene ring substituents is 1. The Kier molecular flexibility index (Phi) is 7.43. The number of hydrogen-bond acceptors (Lipinski definition) is 6. The van der Waals surface area contributed by atoms with Crippen molar-refractivity contribution in [2.45, 2.75) is 59.5 Å². The Balaban J connectivity index is 2.45. The van der Waals surface area contributed by atoms with Crippen molar-refractivity contribution < 1.29 is 19.2 Å². The number of rotatable bonds is 8.